The predicted octanol–water partition coefficient (Wildman–Crippen LogP) is 19.4. The molecule has 0 radical (unpaired) electrons. The Labute approximate surface area is 690 Å². The molecule has 19 heteroatoms. The third-order valence-electron chi connectivity index (χ3n) is 24.6. The third kappa shape index (κ3) is 52.5. The van der Waals surface area contributed by atoms with Crippen molar-refractivity contribution in [2.45, 2.75) is 555 Å². The van der Waals surface area contributed by atoms with Gasteiger partial charge in [-0.25, -0.2) is 0 Å². The molecule has 0 spiro atoms. The number of carbonyl (C=O) groups is 1. The zero-order valence-corrected chi connectivity index (χ0v) is 72.7. The zero-order chi connectivity index (χ0) is 81.7. The van der Waals surface area contributed by atoms with Gasteiger partial charge in [0.1, 0.15) is 73.2 Å². The Hall–Kier alpha value is -1.47. The number of hydrogen-bond donors (Lipinski definition) is 12. The molecule has 0 saturated carbocycles. The van der Waals surface area contributed by atoms with Gasteiger partial charge in [-0.3, -0.25) is 4.79 Å². The average molecular weight is 1610 g/mol. The molecule has 17 unspecified atom stereocenters. The van der Waals surface area contributed by atoms with Crippen LogP contribution in [0.25, 0.3) is 0 Å². The van der Waals surface area contributed by atoms with Crippen molar-refractivity contribution in [3.63, 3.8) is 0 Å². The van der Waals surface area contributed by atoms with E-state index < -0.39 is 124 Å². The van der Waals surface area contributed by atoms with Crippen LogP contribution in [0.4, 0.5) is 0 Å². The minimum atomic E-state index is -1.98. The fourth-order valence-corrected chi connectivity index (χ4v) is 16.9. The summed E-state index contributed by atoms with van der Waals surface area (Å²) < 4.78 is 34.6. The Morgan fingerprint density at radius 3 is 0.832 bits per heavy atom. The van der Waals surface area contributed by atoms with E-state index in [0.717, 1.165) is 44.9 Å². The monoisotopic (exact) mass is 1610 g/mol. The van der Waals surface area contributed by atoms with Crippen molar-refractivity contribution in [2.24, 2.45) is 0 Å². The Bertz CT molecular complexity index is 2080. The van der Waals surface area contributed by atoms with Crippen LogP contribution < -0.4 is 5.32 Å². The zero-order valence-electron chi connectivity index (χ0n) is 72.7. The molecular weight excluding hydrogens is 1430 g/mol. The van der Waals surface area contributed by atoms with Crippen molar-refractivity contribution in [1.29, 1.82) is 0 Å². The first-order valence-electron chi connectivity index (χ1n) is 48.4. The number of unbranched alkanes of at least 4 members (excludes halogenated alkanes) is 65. The van der Waals surface area contributed by atoms with E-state index >= 15 is 0 Å². The number of rotatable bonds is 81. The fraction of sp³-hybridized carbons (Fsp3) is 0.968. The van der Waals surface area contributed by atoms with E-state index in [-0.39, 0.29) is 18.9 Å². The van der Waals surface area contributed by atoms with Crippen LogP contribution in [0.5, 0.6) is 0 Å². The number of allylic oxidation sites excluding steroid dienone is 1. The fourth-order valence-electron chi connectivity index (χ4n) is 16.9. The predicted molar refractivity (Wildman–Crippen MR) is 457 cm³/mol. The molecule has 17 atom stereocenters. The van der Waals surface area contributed by atoms with Gasteiger partial charge in [0.25, 0.3) is 0 Å². The normalized spacial score (nSPS) is 24.8. The summed E-state index contributed by atoms with van der Waals surface area (Å²) >= 11 is 0. The van der Waals surface area contributed by atoms with E-state index in [9.17, 15) is 61.0 Å². The third-order valence-corrected chi connectivity index (χ3v) is 24.6. The molecule has 3 aliphatic rings. The second-order valence-electron chi connectivity index (χ2n) is 34.9. The van der Waals surface area contributed by atoms with Crippen LogP contribution in [0.15, 0.2) is 12.2 Å². The molecule has 3 saturated heterocycles. The molecule has 113 heavy (non-hydrogen) atoms. The van der Waals surface area contributed by atoms with Crippen LogP contribution in [-0.4, -0.2) is 193 Å². The summed E-state index contributed by atoms with van der Waals surface area (Å²) in [5.41, 5.74) is 0. The van der Waals surface area contributed by atoms with Crippen molar-refractivity contribution in [1.82, 2.24) is 5.32 Å². The summed E-state index contributed by atoms with van der Waals surface area (Å²) in [5, 5.41) is 121. The van der Waals surface area contributed by atoms with Crippen LogP contribution in [0, 0.1) is 0 Å². The van der Waals surface area contributed by atoms with Gasteiger partial charge in [0, 0.05) is 6.42 Å². The Morgan fingerprint density at radius 1 is 0.310 bits per heavy atom. The van der Waals surface area contributed by atoms with E-state index in [1.807, 2.05) is 6.08 Å². The molecule has 1 amide bonds. The van der Waals surface area contributed by atoms with Crippen LogP contribution in [0.3, 0.4) is 0 Å². The summed E-state index contributed by atoms with van der Waals surface area (Å²) in [6, 6.07) is -0.972. The molecule has 3 heterocycles. The number of nitrogens with one attached hydrogen (secondary N) is 1. The Balaban J connectivity index is 1.30. The highest BCUT2D eigenvalue weighted by atomic mass is 16.8. The maximum atomic E-state index is 13.5. The molecule has 670 valence electrons. The van der Waals surface area contributed by atoms with E-state index in [0.29, 0.717) is 6.42 Å². The van der Waals surface area contributed by atoms with Crippen LogP contribution in [-0.2, 0) is 33.2 Å². The van der Waals surface area contributed by atoms with Gasteiger partial charge in [-0.2, -0.15) is 0 Å². The van der Waals surface area contributed by atoms with Gasteiger partial charge in [-0.1, -0.05) is 437 Å². The van der Waals surface area contributed by atoms with E-state index in [1.165, 1.54) is 379 Å². The van der Waals surface area contributed by atoms with Gasteiger partial charge in [-0.05, 0) is 19.3 Å². The maximum absolute atomic E-state index is 13.5. The maximum Gasteiger partial charge on any atom is 0.220 e. The highest BCUT2D eigenvalue weighted by molar-refractivity contribution is 5.76. The largest absolute Gasteiger partial charge is 0.394 e. The highest BCUT2D eigenvalue weighted by Gasteiger charge is 2.54. The SMILES string of the molecule is CCCCCCCCCCCCCCCCCCCCCCCCCCCCCCCCC/C=C/C(O)C(COC1OC(CO)C(OC2OC(CO)C(OC3OC(CO)C(O)C(O)C3O)C(O)C2O)C(O)C1O)NC(=O)CCCCCCCCCCCCCCCCCCCCCCCCCCCCCCCCCCCCC. The Kier molecular flexibility index (Phi) is 69.6. The second-order valence-corrected chi connectivity index (χ2v) is 34.9. The lowest BCUT2D eigenvalue weighted by Gasteiger charge is -2.48. The minimum absolute atomic E-state index is 0.251. The van der Waals surface area contributed by atoms with Crippen LogP contribution in [0.1, 0.15) is 450 Å². The standard InChI is InChI=1S/C94H181NO18/c1-3-5-7-9-11-13-15-17-19-21-23-25-27-29-31-33-35-37-38-40-42-44-46-48-50-52-54-56-58-60-62-64-66-68-70-72-82(100)95-77(78(99)71-69-67-65-63-61-59-57-55-53-51-49-47-45-43-41-39-36-34-32-30-28-26-24-22-20-18-16-14-12-10-8-6-4-2)76-108-92-88(106)85(103)90(80(74-97)110-92)113-94-89(107)86(104)91(81(75-98)111-94)112-93-87(105)84(102)83(101)79(73-96)109-93/h69,71,77-81,83-94,96-99,101-107H,3-68,70,72-76H2,1-2H3,(H,95,100)/b71-69+. The smallest absolute Gasteiger partial charge is 0.220 e. The molecule has 19 nitrogen and oxygen atoms in total. The quantitative estimate of drug-likeness (QED) is 0.0199. The molecule has 0 aromatic heterocycles. The molecular formula is C94H181NO18. The molecule has 0 aliphatic carbocycles. The number of amides is 1. The first kappa shape index (κ1) is 106. The summed E-state index contributed by atoms with van der Waals surface area (Å²) in [7, 11) is 0. The van der Waals surface area contributed by atoms with Crippen molar-refractivity contribution < 1.29 is 89.4 Å². The number of aliphatic hydroxyl groups is 11. The summed E-state index contributed by atoms with van der Waals surface area (Å²) in [4.78, 5) is 13.5. The molecule has 0 aromatic carbocycles. The van der Waals surface area contributed by atoms with Crippen molar-refractivity contribution in [2.75, 3.05) is 26.4 Å². The van der Waals surface area contributed by atoms with Crippen molar-refractivity contribution in [3.05, 3.63) is 12.2 Å². The van der Waals surface area contributed by atoms with Gasteiger partial charge in [0.2, 0.25) is 5.91 Å². The molecule has 12 N–H and O–H groups in total. The summed E-state index contributed by atoms with van der Waals surface area (Å²) in [6.45, 7) is 1.83. The van der Waals surface area contributed by atoms with Gasteiger partial charge < -0.3 is 89.9 Å². The molecule has 3 rings (SSSR count). The van der Waals surface area contributed by atoms with Gasteiger partial charge in [0.15, 0.2) is 18.9 Å². The van der Waals surface area contributed by atoms with Crippen LogP contribution >= 0.6 is 0 Å². The minimum Gasteiger partial charge on any atom is -0.394 e. The summed E-state index contributed by atoms with van der Waals surface area (Å²) in [6.07, 6.45) is 66.8. The van der Waals surface area contributed by atoms with Gasteiger partial charge in [-0.15, -0.1) is 0 Å². The van der Waals surface area contributed by atoms with Crippen molar-refractivity contribution >= 4 is 5.91 Å². The van der Waals surface area contributed by atoms with E-state index in [2.05, 4.69) is 19.2 Å². The average Bonchev–Trinajstić information content (AvgIpc) is 0.777. The lowest BCUT2D eigenvalue weighted by Crippen LogP contribution is -2.66. The van der Waals surface area contributed by atoms with Gasteiger partial charge >= 0.3 is 0 Å². The lowest BCUT2D eigenvalue weighted by atomic mass is 9.96. The highest BCUT2D eigenvalue weighted by Crippen LogP contribution is 2.34. The first-order chi connectivity index (χ1) is 55.3. The first-order valence-corrected chi connectivity index (χ1v) is 48.4. The van der Waals surface area contributed by atoms with Gasteiger partial charge in [0.05, 0.1) is 38.6 Å². The number of hydrogen-bond acceptors (Lipinski definition) is 18. The number of ether oxygens (including phenoxy) is 6. The van der Waals surface area contributed by atoms with Crippen molar-refractivity contribution in [3.8, 4) is 0 Å². The summed E-state index contributed by atoms with van der Waals surface area (Å²) in [5.74, 6) is -0.264. The molecule has 0 aromatic rings. The number of carbonyl (C=O) groups excluding carboxylic acids is 1. The topological polar surface area (TPSA) is 307 Å². The van der Waals surface area contributed by atoms with E-state index in [1.54, 1.807) is 6.08 Å². The molecule has 3 fully saturated rings. The van der Waals surface area contributed by atoms with Crippen LogP contribution in [0.2, 0.25) is 0 Å². The van der Waals surface area contributed by atoms with E-state index in [4.69, 9.17) is 28.4 Å². The second kappa shape index (κ2) is 74.4. The number of aliphatic hydroxyl groups excluding tert-OH is 11. The Morgan fingerprint density at radius 2 is 0.549 bits per heavy atom. The molecule has 0 bridgehead atoms. The molecule has 3 aliphatic heterocycles. The lowest BCUT2D eigenvalue weighted by molar-refractivity contribution is -0.379.